The van der Waals surface area contributed by atoms with Crippen molar-refractivity contribution in [3.05, 3.63) is 47.5 Å². The molecule has 0 saturated carbocycles. The molecule has 0 saturated heterocycles. The number of aromatic nitrogens is 3. The number of carbonyl (C=O) groups excluding carboxylic acids is 1. The Hall–Kier alpha value is -2.17. The molecule has 0 radical (unpaired) electrons. The first kappa shape index (κ1) is 10.4. The van der Waals surface area contributed by atoms with Crippen molar-refractivity contribution >= 4 is 5.91 Å². The summed E-state index contributed by atoms with van der Waals surface area (Å²) < 4.78 is 0. The molecule has 2 aromatic rings. The van der Waals surface area contributed by atoms with E-state index in [4.69, 9.17) is 0 Å². The van der Waals surface area contributed by atoms with Crippen LogP contribution in [0.15, 0.2) is 30.5 Å². The third-order valence-electron chi connectivity index (χ3n) is 2.09. The average Bonchev–Trinajstić information content (AvgIpc) is 2.74. The van der Waals surface area contributed by atoms with E-state index in [0.29, 0.717) is 12.2 Å². The van der Waals surface area contributed by atoms with Crippen molar-refractivity contribution in [3.63, 3.8) is 0 Å². The third kappa shape index (κ3) is 2.44. The topological polar surface area (TPSA) is 70.7 Å². The highest BCUT2D eigenvalue weighted by atomic mass is 16.1. The Bertz CT molecular complexity index is 478. The van der Waals surface area contributed by atoms with Crippen molar-refractivity contribution in [2.45, 2.75) is 13.5 Å². The number of hydrogen-bond donors (Lipinski definition) is 2. The van der Waals surface area contributed by atoms with Gasteiger partial charge in [-0.3, -0.25) is 14.9 Å². The van der Waals surface area contributed by atoms with Crippen LogP contribution in [0.1, 0.15) is 21.9 Å². The molecule has 0 aliphatic heterocycles. The summed E-state index contributed by atoms with van der Waals surface area (Å²) in [7, 11) is 0. The maximum Gasteiger partial charge on any atom is 0.272 e. The highest BCUT2D eigenvalue weighted by Gasteiger charge is 2.08. The molecule has 0 atom stereocenters. The van der Waals surface area contributed by atoms with E-state index < -0.39 is 0 Å². The van der Waals surface area contributed by atoms with Gasteiger partial charge >= 0.3 is 0 Å². The third-order valence-corrected chi connectivity index (χ3v) is 2.09. The summed E-state index contributed by atoms with van der Waals surface area (Å²) in [5.74, 6) is -0.199. The number of nitrogens with zero attached hydrogens (tertiary/aromatic N) is 2. The first-order valence-electron chi connectivity index (χ1n) is 4.96. The van der Waals surface area contributed by atoms with Crippen LogP contribution in [0.5, 0.6) is 0 Å². The van der Waals surface area contributed by atoms with Gasteiger partial charge in [-0.25, -0.2) is 0 Å². The molecule has 0 bridgehead atoms. The van der Waals surface area contributed by atoms with Gasteiger partial charge in [0, 0.05) is 11.9 Å². The summed E-state index contributed by atoms with van der Waals surface area (Å²) in [6, 6.07) is 7.28. The summed E-state index contributed by atoms with van der Waals surface area (Å²) in [5, 5.41) is 9.34. The summed E-state index contributed by atoms with van der Waals surface area (Å²) >= 11 is 0. The normalized spacial score (nSPS) is 10.1. The molecule has 2 N–H and O–H groups in total. The molecule has 16 heavy (non-hydrogen) atoms. The lowest BCUT2D eigenvalue weighted by Gasteiger charge is -2.01. The molecule has 0 aliphatic rings. The van der Waals surface area contributed by atoms with Crippen LogP contribution in [0.3, 0.4) is 0 Å². The smallest absolute Gasteiger partial charge is 0.272 e. The van der Waals surface area contributed by atoms with Crippen molar-refractivity contribution in [3.8, 4) is 0 Å². The molecular formula is C11H12N4O. The highest BCUT2D eigenvalue weighted by Crippen LogP contribution is 1.98. The first-order chi connectivity index (χ1) is 7.75. The van der Waals surface area contributed by atoms with Gasteiger partial charge in [0.2, 0.25) is 0 Å². The average molecular weight is 216 g/mol. The quantitative estimate of drug-likeness (QED) is 0.805. The molecule has 0 unspecified atom stereocenters. The molecule has 0 fully saturated rings. The maximum absolute atomic E-state index is 11.6. The number of carbonyl (C=O) groups is 1. The van der Waals surface area contributed by atoms with Gasteiger partial charge in [0.05, 0.1) is 12.2 Å². The molecule has 2 heterocycles. The summed E-state index contributed by atoms with van der Waals surface area (Å²) in [6.45, 7) is 2.26. The number of amides is 1. The Balaban J connectivity index is 1.94. The fourth-order valence-corrected chi connectivity index (χ4v) is 1.30. The van der Waals surface area contributed by atoms with Gasteiger partial charge < -0.3 is 5.32 Å². The number of nitrogens with one attached hydrogen (secondary N) is 2. The van der Waals surface area contributed by atoms with Crippen molar-refractivity contribution in [1.29, 1.82) is 0 Å². The monoisotopic (exact) mass is 216 g/mol. The zero-order chi connectivity index (χ0) is 11.4. The Morgan fingerprint density at radius 3 is 3.00 bits per heavy atom. The lowest BCUT2D eigenvalue weighted by atomic mass is 10.3. The number of H-pyrrole nitrogens is 1. The fourth-order valence-electron chi connectivity index (χ4n) is 1.30. The number of pyridine rings is 1. The van der Waals surface area contributed by atoms with Crippen LogP contribution < -0.4 is 5.32 Å². The number of aromatic amines is 1. The Morgan fingerprint density at radius 2 is 2.38 bits per heavy atom. The van der Waals surface area contributed by atoms with Crippen LogP contribution in [-0.4, -0.2) is 21.1 Å². The predicted octanol–water partition coefficient (Wildman–Crippen LogP) is 1.04. The van der Waals surface area contributed by atoms with Crippen LogP contribution in [0.2, 0.25) is 0 Å². The van der Waals surface area contributed by atoms with E-state index >= 15 is 0 Å². The minimum atomic E-state index is -0.199. The molecule has 0 aromatic carbocycles. The van der Waals surface area contributed by atoms with E-state index in [9.17, 15) is 4.79 Å². The number of rotatable bonds is 3. The highest BCUT2D eigenvalue weighted by molar-refractivity contribution is 5.92. The van der Waals surface area contributed by atoms with Crippen LogP contribution in [0.25, 0.3) is 0 Å². The summed E-state index contributed by atoms with van der Waals surface area (Å²) in [5.41, 5.74) is 2.08. The second-order valence-electron chi connectivity index (χ2n) is 3.44. The molecule has 2 aromatic heterocycles. The van der Waals surface area contributed by atoms with E-state index in [2.05, 4.69) is 20.5 Å². The largest absolute Gasteiger partial charge is 0.345 e. The van der Waals surface area contributed by atoms with E-state index in [1.54, 1.807) is 12.3 Å². The van der Waals surface area contributed by atoms with Gasteiger partial charge in [-0.15, -0.1) is 0 Å². The lowest BCUT2D eigenvalue weighted by Crippen LogP contribution is -2.23. The van der Waals surface area contributed by atoms with E-state index in [1.165, 1.54) is 0 Å². The van der Waals surface area contributed by atoms with Crippen LogP contribution in [-0.2, 0) is 6.54 Å². The predicted molar refractivity (Wildman–Crippen MR) is 58.7 cm³/mol. The van der Waals surface area contributed by atoms with E-state index in [-0.39, 0.29) is 5.91 Å². The summed E-state index contributed by atoms with van der Waals surface area (Å²) in [6.07, 6.45) is 1.69. The number of aryl methyl sites for hydroxylation is 1. The zero-order valence-corrected chi connectivity index (χ0v) is 8.90. The van der Waals surface area contributed by atoms with E-state index in [0.717, 1.165) is 11.4 Å². The van der Waals surface area contributed by atoms with Crippen molar-refractivity contribution in [2.75, 3.05) is 0 Å². The van der Waals surface area contributed by atoms with Crippen molar-refractivity contribution < 1.29 is 4.79 Å². The van der Waals surface area contributed by atoms with Gasteiger partial charge in [-0.1, -0.05) is 6.07 Å². The van der Waals surface area contributed by atoms with Gasteiger partial charge in [0.15, 0.2) is 0 Å². The van der Waals surface area contributed by atoms with E-state index in [1.807, 2.05) is 25.1 Å². The molecular weight excluding hydrogens is 204 g/mol. The number of hydrogen-bond acceptors (Lipinski definition) is 3. The Morgan fingerprint density at radius 1 is 1.50 bits per heavy atom. The van der Waals surface area contributed by atoms with Crippen LogP contribution in [0.4, 0.5) is 0 Å². The molecule has 0 aliphatic carbocycles. The van der Waals surface area contributed by atoms with Crippen molar-refractivity contribution in [1.82, 2.24) is 20.5 Å². The standard InChI is InChI=1S/C11H12N4O/c1-8-6-10(15-14-8)11(16)13-7-9-4-2-3-5-12-9/h2-6H,7H2,1H3,(H,13,16)(H,14,15). The van der Waals surface area contributed by atoms with Gasteiger partial charge in [-0.2, -0.15) is 5.10 Å². The molecule has 1 amide bonds. The molecule has 5 heteroatoms. The maximum atomic E-state index is 11.6. The van der Waals surface area contributed by atoms with Gasteiger partial charge in [0.1, 0.15) is 5.69 Å². The minimum absolute atomic E-state index is 0.199. The lowest BCUT2D eigenvalue weighted by molar-refractivity contribution is 0.0945. The first-order valence-corrected chi connectivity index (χ1v) is 4.96. The summed E-state index contributed by atoms with van der Waals surface area (Å²) in [4.78, 5) is 15.7. The fraction of sp³-hybridized carbons (Fsp3) is 0.182. The van der Waals surface area contributed by atoms with Gasteiger partial charge in [0.25, 0.3) is 5.91 Å². The molecule has 0 spiro atoms. The van der Waals surface area contributed by atoms with Gasteiger partial charge in [-0.05, 0) is 25.1 Å². The Kier molecular flexibility index (Phi) is 2.95. The van der Waals surface area contributed by atoms with Crippen LogP contribution in [0, 0.1) is 6.92 Å². The Labute approximate surface area is 92.9 Å². The SMILES string of the molecule is Cc1cc(C(=O)NCc2ccccn2)n[nH]1. The second kappa shape index (κ2) is 4.57. The minimum Gasteiger partial charge on any atom is -0.345 e. The molecule has 82 valence electrons. The zero-order valence-electron chi connectivity index (χ0n) is 8.90. The second-order valence-corrected chi connectivity index (χ2v) is 3.44. The van der Waals surface area contributed by atoms with Crippen molar-refractivity contribution in [2.24, 2.45) is 0 Å². The molecule has 5 nitrogen and oxygen atoms in total. The molecule has 2 rings (SSSR count). The van der Waals surface area contributed by atoms with Crippen LogP contribution >= 0.6 is 0 Å².